The van der Waals surface area contributed by atoms with Gasteiger partial charge in [-0.15, -0.1) is 0 Å². The molecule has 9 nitrogen and oxygen atoms in total. The van der Waals surface area contributed by atoms with Crippen LogP contribution in [0.25, 0.3) is 0 Å². The van der Waals surface area contributed by atoms with Crippen LogP contribution in [0.3, 0.4) is 0 Å². The first-order valence-electron chi connectivity index (χ1n) is 11.9. The first kappa shape index (κ1) is 24.1. The second kappa shape index (κ2) is 9.69. The summed E-state index contributed by atoms with van der Waals surface area (Å²) in [4.78, 5) is 29.0. The molecule has 1 aromatic carbocycles. The summed E-state index contributed by atoms with van der Waals surface area (Å²) in [5, 5.41) is 3.34. The van der Waals surface area contributed by atoms with Crippen molar-refractivity contribution in [1.29, 1.82) is 0 Å². The van der Waals surface area contributed by atoms with E-state index in [9.17, 15) is 18.0 Å². The molecule has 2 heterocycles. The Labute approximate surface area is 196 Å². The van der Waals surface area contributed by atoms with E-state index in [1.165, 1.54) is 4.31 Å². The summed E-state index contributed by atoms with van der Waals surface area (Å²) in [5.41, 5.74) is 8.63. The minimum atomic E-state index is -3.09. The summed E-state index contributed by atoms with van der Waals surface area (Å²) < 4.78 is 25.5. The second-order valence-corrected chi connectivity index (χ2v) is 11.5. The molecule has 0 bridgehead atoms. The Bertz CT molecular complexity index is 1010. The summed E-state index contributed by atoms with van der Waals surface area (Å²) in [6.07, 6.45) is 2.54. The predicted molar refractivity (Wildman–Crippen MR) is 129 cm³/mol. The van der Waals surface area contributed by atoms with Crippen LogP contribution < -0.4 is 20.9 Å². The molecule has 4 rings (SSSR count). The summed E-state index contributed by atoms with van der Waals surface area (Å²) in [5.74, 6) is 0.432. The van der Waals surface area contributed by atoms with Crippen LogP contribution in [-0.2, 0) is 19.6 Å². The third-order valence-corrected chi connectivity index (χ3v) is 8.81. The fourth-order valence-electron chi connectivity index (χ4n) is 4.89. The zero-order chi connectivity index (χ0) is 23.8. The van der Waals surface area contributed by atoms with E-state index < -0.39 is 10.0 Å². The molecule has 0 aromatic heterocycles. The largest absolute Gasteiger partial charge is 0.330 e. The van der Waals surface area contributed by atoms with E-state index >= 15 is 0 Å². The van der Waals surface area contributed by atoms with Crippen molar-refractivity contribution in [2.75, 3.05) is 54.8 Å². The number of fused-ring (bicyclic) bond motifs is 1. The van der Waals surface area contributed by atoms with Crippen LogP contribution in [0.4, 0.5) is 11.4 Å². The van der Waals surface area contributed by atoms with Crippen molar-refractivity contribution in [2.24, 2.45) is 11.7 Å². The Kier molecular flexibility index (Phi) is 7.09. The van der Waals surface area contributed by atoms with Gasteiger partial charge in [0, 0.05) is 58.0 Å². The van der Waals surface area contributed by atoms with Gasteiger partial charge < -0.3 is 20.9 Å². The third kappa shape index (κ3) is 5.08. The first-order valence-corrected chi connectivity index (χ1v) is 13.5. The van der Waals surface area contributed by atoms with Crippen molar-refractivity contribution >= 4 is 33.2 Å². The summed E-state index contributed by atoms with van der Waals surface area (Å²) in [7, 11) is -3.09. The number of nitrogens with one attached hydrogen (secondary N) is 1. The Morgan fingerprint density at radius 2 is 2.00 bits per heavy atom. The molecule has 10 heteroatoms. The van der Waals surface area contributed by atoms with Gasteiger partial charge in [0.25, 0.3) is 0 Å². The molecule has 1 saturated heterocycles. The van der Waals surface area contributed by atoms with Crippen LogP contribution in [0.5, 0.6) is 0 Å². The molecule has 3 N–H and O–H groups in total. The quantitative estimate of drug-likeness (QED) is 0.537. The number of hydrogen-bond acceptors (Lipinski definition) is 6. The van der Waals surface area contributed by atoms with Gasteiger partial charge >= 0.3 is 0 Å². The number of benzene rings is 1. The van der Waals surface area contributed by atoms with Gasteiger partial charge in [0.2, 0.25) is 21.8 Å². The average Bonchev–Trinajstić information content (AvgIpc) is 3.56. The highest BCUT2D eigenvalue weighted by molar-refractivity contribution is 7.89. The Morgan fingerprint density at radius 1 is 1.24 bits per heavy atom. The van der Waals surface area contributed by atoms with Crippen LogP contribution in [0.15, 0.2) is 18.2 Å². The molecule has 1 saturated carbocycles. The molecular formula is C23H35N5O4S. The fraction of sp³-hybridized carbons (Fsp3) is 0.652. The number of nitrogens with two attached hydrogens (primary N) is 1. The zero-order valence-corrected chi connectivity index (χ0v) is 20.3. The maximum Gasteiger partial charge on any atom is 0.230 e. The maximum atomic E-state index is 13.0. The van der Waals surface area contributed by atoms with Crippen LogP contribution in [0, 0.1) is 5.92 Å². The van der Waals surface area contributed by atoms with E-state index in [4.69, 9.17) is 5.73 Å². The molecule has 1 aliphatic carbocycles. The highest BCUT2D eigenvalue weighted by atomic mass is 32.2. The zero-order valence-electron chi connectivity index (χ0n) is 19.5. The second-order valence-electron chi connectivity index (χ2n) is 9.41. The Hall–Kier alpha value is -2.01. The first-order chi connectivity index (χ1) is 15.7. The maximum absolute atomic E-state index is 13.0. The number of carbonyl (C=O) groups excluding carboxylic acids is 2. The molecule has 2 amide bonds. The number of amides is 2. The molecule has 3 aliphatic rings. The van der Waals surface area contributed by atoms with Crippen molar-refractivity contribution in [3.05, 3.63) is 23.8 Å². The van der Waals surface area contributed by atoms with Gasteiger partial charge in [-0.1, -0.05) is 6.07 Å². The number of sulfonamides is 1. The molecule has 0 spiro atoms. The number of anilines is 2. The van der Waals surface area contributed by atoms with E-state index in [0.29, 0.717) is 45.7 Å². The van der Waals surface area contributed by atoms with Crippen LogP contribution in [0.1, 0.15) is 44.6 Å². The van der Waals surface area contributed by atoms with E-state index in [0.717, 1.165) is 29.8 Å². The monoisotopic (exact) mass is 477 g/mol. The topological polar surface area (TPSA) is 116 Å². The lowest BCUT2D eigenvalue weighted by atomic mass is 9.95. The molecule has 33 heavy (non-hydrogen) atoms. The van der Waals surface area contributed by atoms with Gasteiger partial charge in [0.1, 0.15) is 0 Å². The van der Waals surface area contributed by atoms with Crippen molar-refractivity contribution in [1.82, 2.24) is 9.62 Å². The highest BCUT2D eigenvalue weighted by Gasteiger charge is 2.40. The number of rotatable bonds is 8. The molecular weight excluding hydrogens is 442 g/mol. The lowest BCUT2D eigenvalue weighted by Crippen LogP contribution is -2.51. The molecule has 2 aliphatic heterocycles. The van der Waals surface area contributed by atoms with Crippen molar-refractivity contribution in [2.45, 2.75) is 45.1 Å². The van der Waals surface area contributed by atoms with E-state index in [-0.39, 0.29) is 35.4 Å². The van der Waals surface area contributed by atoms with Crippen molar-refractivity contribution in [3.8, 4) is 0 Å². The lowest BCUT2D eigenvalue weighted by molar-refractivity contribution is -0.120. The third-order valence-electron chi connectivity index (χ3n) is 6.86. The molecule has 2 atom stereocenters. The SMILES string of the molecule is CC(=O)N1c2ccc(C(CN)CNCCN3CCCS3(=O)=O)cc2N(C(=O)C2CC2)C[C@@H]1C. The van der Waals surface area contributed by atoms with Crippen LogP contribution in [-0.4, -0.2) is 75.6 Å². The Morgan fingerprint density at radius 3 is 2.61 bits per heavy atom. The van der Waals surface area contributed by atoms with Gasteiger partial charge in [0.05, 0.1) is 23.2 Å². The van der Waals surface area contributed by atoms with Crippen molar-refractivity contribution < 1.29 is 18.0 Å². The lowest BCUT2D eigenvalue weighted by Gasteiger charge is -2.41. The number of carbonyl (C=O) groups is 2. The molecule has 0 radical (unpaired) electrons. The smallest absolute Gasteiger partial charge is 0.230 e. The van der Waals surface area contributed by atoms with Crippen molar-refractivity contribution in [3.63, 3.8) is 0 Å². The molecule has 1 aromatic rings. The van der Waals surface area contributed by atoms with E-state index in [1.54, 1.807) is 11.8 Å². The van der Waals surface area contributed by atoms with E-state index in [1.807, 2.05) is 30.0 Å². The minimum absolute atomic E-state index is 0.00786. The summed E-state index contributed by atoms with van der Waals surface area (Å²) in [6, 6.07) is 5.82. The predicted octanol–water partition coefficient (Wildman–Crippen LogP) is 0.852. The van der Waals surface area contributed by atoms with Gasteiger partial charge in [-0.3, -0.25) is 9.59 Å². The molecule has 182 valence electrons. The van der Waals surface area contributed by atoms with E-state index in [2.05, 4.69) is 5.32 Å². The molecule has 2 fully saturated rings. The molecule has 1 unspecified atom stereocenters. The Balaban J connectivity index is 1.49. The van der Waals surface area contributed by atoms with Gasteiger partial charge in [-0.25, -0.2) is 12.7 Å². The summed E-state index contributed by atoms with van der Waals surface area (Å²) >= 11 is 0. The van der Waals surface area contributed by atoms with Crippen LogP contribution >= 0.6 is 0 Å². The fourth-order valence-corrected chi connectivity index (χ4v) is 6.42. The highest BCUT2D eigenvalue weighted by Crippen LogP contribution is 2.41. The van der Waals surface area contributed by atoms with Gasteiger partial charge in [0.15, 0.2) is 0 Å². The average molecular weight is 478 g/mol. The number of nitrogens with zero attached hydrogens (tertiary/aromatic N) is 3. The normalized spacial score (nSPS) is 23.4. The number of hydrogen-bond donors (Lipinski definition) is 2. The van der Waals surface area contributed by atoms with Gasteiger partial charge in [-0.2, -0.15) is 0 Å². The minimum Gasteiger partial charge on any atom is -0.330 e. The van der Waals surface area contributed by atoms with Crippen LogP contribution in [0.2, 0.25) is 0 Å². The standard InChI is InChI=1S/C23H35N5O4S/c1-16-15-27(23(30)18-4-5-18)22-12-19(6-7-21(22)28(16)17(2)29)20(13-24)14-25-8-10-26-9-3-11-33(26,31)32/h6-7,12,16,18,20,25H,3-5,8-11,13-15,24H2,1-2H3/t16-,20?/m0/s1. The van der Waals surface area contributed by atoms with Gasteiger partial charge in [-0.05, 0) is 43.9 Å². The summed E-state index contributed by atoms with van der Waals surface area (Å²) in [6.45, 7) is 6.63.